The molecule has 0 aliphatic carbocycles. The molecule has 0 fully saturated rings. The number of aryl methyl sites for hydroxylation is 1. The molecule has 0 unspecified atom stereocenters. The number of carbonyl (C=O) groups excluding carboxylic acids is 2. The molecule has 0 aliphatic heterocycles. The van der Waals surface area contributed by atoms with E-state index >= 15 is 0 Å². The number of ketones is 1. The molecule has 0 saturated heterocycles. The Kier molecular flexibility index (Phi) is 4.67. The second kappa shape index (κ2) is 5.82. The molecule has 0 atom stereocenters. The third kappa shape index (κ3) is 3.20. The van der Waals surface area contributed by atoms with Crippen molar-refractivity contribution in [1.82, 2.24) is 9.47 Å². The third-order valence-corrected chi connectivity index (χ3v) is 3.03. The van der Waals surface area contributed by atoms with E-state index in [1.807, 2.05) is 26.8 Å². The minimum atomic E-state index is -0.427. The number of likely N-dealkylation sites (N-methyl/N-ethyl adjacent to an activating group) is 1. The van der Waals surface area contributed by atoms with Gasteiger partial charge in [-0.3, -0.25) is 14.5 Å². The molecule has 100 valence electrons. The number of amides is 1. The van der Waals surface area contributed by atoms with Gasteiger partial charge in [-0.2, -0.15) is 0 Å². The van der Waals surface area contributed by atoms with E-state index < -0.39 is 5.91 Å². The molecule has 1 amide bonds. The van der Waals surface area contributed by atoms with Crippen molar-refractivity contribution >= 4 is 11.7 Å². The Hall–Kier alpha value is -1.62. The monoisotopic (exact) mass is 251 g/mol. The number of hydrogen-bond acceptors (Lipinski definition) is 3. The van der Waals surface area contributed by atoms with E-state index in [2.05, 4.69) is 4.57 Å². The lowest BCUT2D eigenvalue weighted by atomic mass is 10.1. The van der Waals surface area contributed by atoms with Crippen molar-refractivity contribution in [2.75, 3.05) is 20.1 Å². The fourth-order valence-corrected chi connectivity index (χ4v) is 2.22. The summed E-state index contributed by atoms with van der Waals surface area (Å²) < 4.78 is 2.10. The summed E-state index contributed by atoms with van der Waals surface area (Å²) in [6.07, 6.45) is 0. The standard InChI is InChI=1S/C13H21N3O2/c1-5-16-9(2)6-11(10(16)3)12(17)7-15(4)8-13(14)18/h6H,5,7-8H2,1-4H3,(H2,14,18). The Morgan fingerprint density at radius 1 is 1.33 bits per heavy atom. The van der Waals surface area contributed by atoms with Crippen LogP contribution in [0.1, 0.15) is 28.7 Å². The molecule has 0 radical (unpaired) electrons. The molecular formula is C13H21N3O2. The third-order valence-electron chi connectivity index (χ3n) is 3.03. The Bertz CT molecular complexity index is 463. The first-order valence-corrected chi connectivity index (χ1v) is 6.03. The zero-order valence-electron chi connectivity index (χ0n) is 11.5. The molecule has 5 nitrogen and oxygen atoms in total. The summed E-state index contributed by atoms with van der Waals surface area (Å²) in [5, 5.41) is 0. The normalized spacial score (nSPS) is 10.9. The smallest absolute Gasteiger partial charge is 0.231 e. The van der Waals surface area contributed by atoms with Gasteiger partial charge in [-0.15, -0.1) is 0 Å². The lowest BCUT2D eigenvalue weighted by Crippen LogP contribution is -2.34. The van der Waals surface area contributed by atoms with Crippen LogP contribution in [0.5, 0.6) is 0 Å². The van der Waals surface area contributed by atoms with E-state index in [0.717, 1.165) is 23.5 Å². The number of hydrogen-bond donors (Lipinski definition) is 1. The number of Topliss-reactive ketones (excluding diaryl/α,β-unsaturated/α-hetero) is 1. The maximum Gasteiger partial charge on any atom is 0.231 e. The number of nitrogens with two attached hydrogens (primary N) is 1. The maximum absolute atomic E-state index is 12.1. The van der Waals surface area contributed by atoms with Crippen molar-refractivity contribution in [3.05, 3.63) is 23.0 Å². The highest BCUT2D eigenvalue weighted by atomic mass is 16.1. The number of aromatic nitrogens is 1. The average molecular weight is 251 g/mol. The van der Waals surface area contributed by atoms with Crippen LogP contribution in [0.3, 0.4) is 0 Å². The molecule has 0 bridgehead atoms. The van der Waals surface area contributed by atoms with Gasteiger partial charge in [0.2, 0.25) is 5.91 Å². The van der Waals surface area contributed by atoms with Crippen LogP contribution >= 0.6 is 0 Å². The van der Waals surface area contributed by atoms with Crippen molar-refractivity contribution in [3.8, 4) is 0 Å². The van der Waals surface area contributed by atoms with Crippen LogP contribution in [0.15, 0.2) is 6.07 Å². The predicted molar refractivity (Wildman–Crippen MR) is 70.6 cm³/mol. The second-order valence-electron chi connectivity index (χ2n) is 4.59. The minimum Gasteiger partial charge on any atom is -0.369 e. The molecule has 5 heteroatoms. The Morgan fingerprint density at radius 3 is 2.39 bits per heavy atom. The first kappa shape index (κ1) is 14.4. The Balaban J connectivity index is 2.82. The SMILES string of the molecule is CCn1c(C)cc(C(=O)CN(C)CC(N)=O)c1C. The van der Waals surface area contributed by atoms with Gasteiger partial charge >= 0.3 is 0 Å². The van der Waals surface area contributed by atoms with E-state index in [4.69, 9.17) is 5.73 Å². The molecule has 2 N–H and O–H groups in total. The number of carbonyl (C=O) groups is 2. The van der Waals surface area contributed by atoms with E-state index in [1.54, 1.807) is 11.9 Å². The molecule has 1 aromatic rings. The summed E-state index contributed by atoms with van der Waals surface area (Å²) in [5.41, 5.74) is 7.88. The molecule has 0 aromatic carbocycles. The highest BCUT2D eigenvalue weighted by Gasteiger charge is 2.16. The van der Waals surface area contributed by atoms with Crippen LogP contribution in [0.2, 0.25) is 0 Å². The highest BCUT2D eigenvalue weighted by molar-refractivity contribution is 5.99. The minimum absolute atomic E-state index is 0.0200. The van der Waals surface area contributed by atoms with Crippen LogP contribution in [0.25, 0.3) is 0 Å². The first-order chi connectivity index (χ1) is 8.36. The summed E-state index contributed by atoms with van der Waals surface area (Å²) in [6.45, 7) is 7.13. The van der Waals surface area contributed by atoms with Crippen molar-refractivity contribution in [2.24, 2.45) is 5.73 Å². The zero-order valence-corrected chi connectivity index (χ0v) is 11.5. The van der Waals surface area contributed by atoms with Crippen molar-refractivity contribution in [1.29, 1.82) is 0 Å². The van der Waals surface area contributed by atoms with Crippen LogP contribution in [0.4, 0.5) is 0 Å². The van der Waals surface area contributed by atoms with E-state index in [1.165, 1.54) is 0 Å². The average Bonchev–Trinajstić information content (AvgIpc) is 2.52. The van der Waals surface area contributed by atoms with Crippen molar-refractivity contribution in [2.45, 2.75) is 27.3 Å². The molecule has 0 spiro atoms. The maximum atomic E-state index is 12.1. The van der Waals surface area contributed by atoms with Gasteiger partial charge in [0.05, 0.1) is 13.1 Å². The molecule has 1 rings (SSSR count). The van der Waals surface area contributed by atoms with Gasteiger partial charge in [0.15, 0.2) is 5.78 Å². The largest absolute Gasteiger partial charge is 0.369 e. The summed E-state index contributed by atoms with van der Waals surface area (Å²) in [4.78, 5) is 24.5. The van der Waals surface area contributed by atoms with Crippen molar-refractivity contribution < 1.29 is 9.59 Å². The summed E-state index contributed by atoms with van der Waals surface area (Å²) in [5.74, 6) is -0.407. The second-order valence-corrected chi connectivity index (χ2v) is 4.59. The Morgan fingerprint density at radius 2 is 1.94 bits per heavy atom. The molecule has 1 aromatic heterocycles. The predicted octanol–water partition coefficient (Wildman–Crippen LogP) is 0.725. The van der Waals surface area contributed by atoms with Gasteiger partial charge in [-0.1, -0.05) is 0 Å². The van der Waals surface area contributed by atoms with Crippen molar-refractivity contribution in [3.63, 3.8) is 0 Å². The highest BCUT2D eigenvalue weighted by Crippen LogP contribution is 2.15. The van der Waals surface area contributed by atoms with Crippen LogP contribution in [-0.4, -0.2) is 41.3 Å². The van der Waals surface area contributed by atoms with E-state index in [9.17, 15) is 9.59 Å². The lowest BCUT2D eigenvalue weighted by Gasteiger charge is -2.13. The van der Waals surface area contributed by atoms with Gasteiger partial charge in [0.1, 0.15) is 0 Å². The van der Waals surface area contributed by atoms with Gasteiger partial charge in [0.25, 0.3) is 0 Å². The van der Waals surface area contributed by atoms with E-state index in [0.29, 0.717) is 0 Å². The quantitative estimate of drug-likeness (QED) is 0.758. The molecule has 0 saturated carbocycles. The number of primary amides is 1. The van der Waals surface area contributed by atoms with Gasteiger partial charge < -0.3 is 10.3 Å². The molecule has 0 aliphatic rings. The number of rotatable bonds is 6. The first-order valence-electron chi connectivity index (χ1n) is 6.03. The Labute approximate surface area is 108 Å². The fraction of sp³-hybridized carbons (Fsp3) is 0.538. The van der Waals surface area contributed by atoms with Crippen LogP contribution in [-0.2, 0) is 11.3 Å². The molecule has 18 heavy (non-hydrogen) atoms. The topological polar surface area (TPSA) is 68.3 Å². The van der Waals surface area contributed by atoms with E-state index in [-0.39, 0.29) is 18.9 Å². The summed E-state index contributed by atoms with van der Waals surface area (Å²) in [7, 11) is 1.71. The van der Waals surface area contributed by atoms with Gasteiger partial charge in [-0.05, 0) is 33.9 Å². The van der Waals surface area contributed by atoms with Gasteiger partial charge in [0, 0.05) is 23.5 Å². The van der Waals surface area contributed by atoms with Crippen LogP contribution < -0.4 is 5.73 Å². The molecular weight excluding hydrogens is 230 g/mol. The summed E-state index contributed by atoms with van der Waals surface area (Å²) in [6, 6.07) is 1.90. The lowest BCUT2D eigenvalue weighted by molar-refractivity contribution is -0.118. The van der Waals surface area contributed by atoms with Crippen LogP contribution in [0, 0.1) is 13.8 Å². The summed E-state index contributed by atoms with van der Waals surface area (Å²) >= 11 is 0. The fourth-order valence-electron chi connectivity index (χ4n) is 2.22. The zero-order chi connectivity index (χ0) is 13.9. The number of nitrogens with zero attached hydrogens (tertiary/aromatic N) is 2. The molecule has 1 heterocycles. The van der Waals surface area contributed by atoms with Gasteiger partial charge in [-0.25, -0.2) is 0 Å².